The highest BCUT2D eigenvalue weighted by molar-refractivity contribution is 7.09. The van der Waals surface area contributed by atoms with Crippen molar-refractivity contribution in [3.05, 3.63) is 87.8 Å². The Bertz CT molecular complexity index is 1710. The minimum atomic E-state index is -0.647. The summed E-state index contributed by atoms with van der Waals surface area (Å²) in [5, 5.41) is 18.8. The minimum absolute atomic E-state index is 0.00291. The van der Waals surface area contributed by atoms with Gasteiger partial charge in [-0.15, -0.1) is 11.3 Å². The SMILES string of the molecule is Cc1nc(C(=O)N[C@H]2CC[C@@H](NC(=O)c3cc(F)cnc3Oc3cccc(-c4ccc(O)cc4CN(C)C(C)(C)C)c3)CC2)cs1. The Morgan fingerprint density at radius 3 is 2.39 bits per heavy atom. The largest absolute Gasteiger partial charge is 0.508 e. The Morgan fingerprint density at radius 2 is 1.74 bits per heavy atom. The van der Waals surface area contributed by atoms with Crippen LogP contribution in [0.15, 0.2) is 60.1 Å². The van der Waals surface area contributed by atoms with Gasteiger partial charge in [0, 0.05) is 29.5 Å². The summed E-state index contributed by atoms with van der Waals surface area (Å²) < 4.78 is 20.4. The van der Waals surface area contributed by atoms with Crippen molar-refractivity contribution in [1.29, 1.82) is 0 Å². The number of aromatic hydroxyl groups is 1. The van der Waals surface area contributed by atoms with Crippen LogP contribution in [0.1, 0.15) is 77.9 Å². The van der Waals surface area contributed by atoms with E-state index in [1.807, 2.05) is 38.2 Å². The number of amides is 2. The molecule has 2 amide bonds. The highest BCUT2D eigenvalue weighted by Crippen LogP contribution is 2.33. The lowest BCUT2D eigenvalue weighted by molar-refractivity contribution is 0.0888. The van der Waals surface area contributed by atoms with Crippen molar-refractivity contribution in [2.24, 2.45) is 0 Å². The molecule has 0 saturated heterocycles. The third-order valence-corrected chi connectivity index (χ3v) is 9.09. The first-order chi connectivity index (χ1) is 21.9. The number of pyridine rings is 1. The number of nitrogens with zero attached hydrogens (tertiary/aromatic N) is 3. The molecule has 2 aromatic carbocycles. The van der Waals surface area contributed by atoms with Crippen LogP contribution in [0.25, 0.3) is 11.1 Å². The van der Waals surface area contributed by atoms with Gasteiger partial charge in [0.15, 0.2) is 0 Å². The number of phenolic OH excluding ortho intramolecular Hbond substituents is 1. The predicted molar refractivity (Wildman–Crippen MR) is 177 cm³/mol. The number of phenols is 1. The van der Waals surface area contributed by atoms with Gasteiger partial charge in [-0.2, -0.15) is 0 Å². The van der Waals surface area contributed by atoms with Gasteiger partial charge in [0.05, 0.1) is 11.2 Å². The average Bonchev–Trinajstić information content (AvgIpc) is 3.45. The predicted octanol–water partition coefficient (Wildman–Crippen LogP) is 6.85. The first kappa shape index (κ1) is 33.0. The molecular formula is C35H40FN5O4S. The highest BCUT2D eigenvalue weighted by Gasteiger charge is 2.26. The Kier molecular flexibility index (Phi) is 10.0. The van der Waals surface area contributed by atoms with Gasteiger partial charge in [-0.3, -0.25) is 14.5 Å². The molecule has 1 saturated carbocycles. The molecule has 1 fully saturated rings. The molecule has 0 spiro atoms. The number of aromatic nitrogens is 2. The lowest BCUT2D eigenvalue weighted by Crippen LogP contribution is -2.44. The fourth-order valence-corrected chi connectivity index (χ4v) is 5.96. The van der Waals surface area contributed by atoms with Crippen molar-refractivity contribution in [3.63, 3.8) is 0 Å². The van der Waals surface area contributed by atoms with E-state index in [-0.39, 0.29) is 40.7 Å². The zero-order chi connectivity index (χ0) is 33.0. The molecule has 3 N–H and O–H groups in total. The van der Waals surface area contributed by atoms with E-state index in [9.17, 15) is 19.1 Å². The summed E-state index contributed by atoms with van der Waals surface area (Å²) in [6.45, 7) is 8.86. The molecule has 1 aliphatic rings. The normalized spacial score (nSPS) is 16.7. The monoisotopic (exact) mass is 645 g/mol. The fraction of sp³-hybridized carbons (Fsp3) is 0.371. The van der Waals surface area contributed by atoms with Gasteiger partial charge in [0.2, 0.25) is 5.88 Å². The van der Waals surface area contributed by atoms with Crippen LogP contribution < -0.4 is 15.4 Å². The number of aryl methyl sites for hydroxylation is 1. The van der Waals surface area contributed by atoms with E-state index < -0.39 is 11.7 Å². The molecular weight excluding hydrogens is 605 g/mol. The summed E-state index contributed by atoms with van der Waals surface area (Å²) in [7, 11) is 2.04. The van der Waals surface area contributed by atoms with E-state index in [0.29, 0.717) is 43.7 Å². The molecule has 11 heteroatoms. The third-order valence-electron chi connectivity index (χ3n) is 8.31. The fourth-order valence-electron chi connectivity index (χ4n) is 5.37. The van der Waals surface area contributed by atoms with Crippen LogP contribution in [0.4, 0.5) is 4.39 Å². The van der Waals surface area contributed by atoms with E-state index in [1.165, 1.54) is 11.3 Å². The van der Waals surface area contributed by atoms with Crippen LogP contribution in [0.2, 0.25) is 0 Å². The number of carbonyl (C=O) groups excluding carboxylic acids is 2. The number of hydrogen-bond donors (Lipinski definition) is 3. The van der Waals surface area contributed by atoms with Crippen molar-refractivity contribution in [2.75, 3.05) is 7.05 Å². The number of halogens is 1. The van der Waals surface area contributed by atoms with Gasteiger partial charge < -0.3 is 20.5 Å². The number of nitrogens with one attached hydrogen (secondary N) is 2. The standard InChI is InChI=1S/C35H40FN5O4S/c1-21-38-31(20-46-21)33(44)40-26-11-9-25(10-12-26)39-32(43)30-17-24(36)18-37-34(30)45-28-8-6-7-22(16-28)29-14-13-27(42)15-23(29)19-41(5)35(2,3)4/h6-8,13-18,20,25-26,42H,9-12,19H2,1-5H3,(H,39,43)(H,40,44)/t25-,26+. The molecule has 2 heterocycles. The highest BCUT2D eigenvalue weighted by atomic mass is 32.1. The van der Waals surface area contributed by atoms with E-state index in [1.54, 1.807) is 23.6 Å². The van der Waals surface area contributed by atoms with Gasteiger partial charge in [0.25, 0.3) is 11.8 Å². The molecule has 0 aliphatic heterocycles. The third kappa shape index (κ3) is 8.27. The van der Waals surface area contributed by atoms with E-state index in [4.69, 9.17) is 4.74 Å². The van der Waals surface area contributed by atoms with Crippen LogP contribution in [-0.2, 0) is 6.54 Å². The second-order valence-electron chi connectivity index (χ2n) is 12.8. The summed E-state index contributed by atoms with van der Waals surface area (Å²) >= 11 is 1.43. The number of thiazole rings is 1. The molecule has 46 heavy (non-hydrogen) atoms. The van der Waals surface area contributed by atoms with E-state index in [2.05, 4.69) is 46.3 Å². The molecule has 0 unspecified atom stereocenters. The molecule has 0 atom stereocenters. The number of rotatable bonds is 9. The Labute approximate surface area is 272 Å². The van der Waals surface area contributed by atoms with Crippen molar-refractivity contribution >= 4 is 23.2 Å². The van der Waals surface area contributed by atoms with Crippen LogP contribution in [0.5, 0.6) is 17.4 Å². The number of carbonyl (C=O) groups is 2. The molecule has 4 aromatic rings. The Balaban J connectivity index is 1.26. The van der Waals surface area contributed by atoms with Gasteiger partial charge in [-0.25, -0.2) is 14.4 Å². The lowest BCUT2D eigenvalue weighted by Gasteiger charge is -2.32. The lowest BCUT2D eigenvalue weighted by atomic mass is 9.91. The summed E-state index contributed by atoms with van der Waals surface area (Å²) in [4.78, 5) is 36.4. The Hall–Kier alpha value is -4.35. The van der Waals surface area contributed by atoms with E-state index >= 15 is 0 Å². The summed E-state index contributed by atoms with van der Waals surface area (Å²) in [5.74, 6) is -0.702. The molecule has 9 nitrogen and oxygen atoms in total. The maximum atomic E-state index is 14.3. The minimum Gasteiger partial charge on any atom is -0.508 e. The smallest absolute Gasteiger partial charge is 0.270 e. The summed E-state index contributed by atoms with van der Waals surface area (Å²) in [6.07, 6.45) is 3.73. The number of benzene rings is 2. The Morgan fingerprint density at radius 1 is 1.04 bits per heavy atom. The van der Waals surface area contributed by atoms with Crippen LogP contribution in [0.3, 0.4) is 0 Å². The van der Waals surface area contributed by atoms with Crippen molar-refractivity contribution < 1.29 is 23.8 Å². The van der Waals surface area contributed by atoms with Crippen molar-refractivity contribution in [2.45, 2.75) is 77.5 Å². The quantitative estimate of drug-likeness (QED) is 0.182. The summed E-state index contributed by atoms with van der Waals surface area (Å²) in [6, 6.07) is 13.6. The van der Waals surface area contributed by atoms with Crippen LogP contribution in [0, 0.1) is 12.7 Å². The van der Waals surface area contributed by atoms with Crippen LogP contribution >= 0.6 is 11.3 Å². The van der Waals surface area contributed by atoms with Gasteiger partial charge in [-0.1, -0.05) is 18.2 Å². The molecule has 2 aromatic heterocycles. The van der Waals surface area contributed by atoms with Crippen molar-refractivity contribution in [1.82, 2.24) is 25.5 Å². The molecule has 0 radical (unpaired) electrons. The number of hydrogen-bond acceptors (Lipinski definition) is 8. The maximum Gasteiger partial charge on any atom is 0.270 e. The molecule has 0 bridgehead atoms. The first-order valence-electron chi connectivity index (χ1n) is 15.4. The average molecular weight is 646 g/mol. The topological polar surface area (TPSA) is 117 Å². The number of ether oxygens (including phenoxy) is 1. The van der Waals surface area contributed by atoms with Gasteiger partial charge >= 0.3 is 0 Å². The molecule has 5 rings (SSSR count). The maximum absolute atomic E-state index is 14.3. The molecule has 242 valence electrons. The second-order valence-corrected chi connectivity index (χ2v) is 13.8. The van der Waals surface area contributed by atoms with Crippen LogP contribution in [-0.4, -0.2) is 56.5 Å². The van der Waals surface area contributed by atoms with Gasteiger partial charge in [0.1, 0.15) is 28.6 Å². The first-order valence-corrected chi connectivity index (χ1v) is 16.2. The van der Waals surface area contributed by atoms with E-state index in [0.717, 1.165) is 34.0 Å². The van der Waals surface area contributed by atoms with Crippen molar-refractivity contribution in [3.8, 4) is 28.5 Å². The zero-order valence-electron chi connectivity index (χ0n) is 26.8. The molecule has 1 aliphatic carbocycles. The second kappa shape index (κ2) is 14.0. The van der Waals surface area contributed by atoms with Gasteiger partial charge in [-0.05, 0) is 107 Å². The summed E-state index contributed by atoms with van der Waals surface area (Å²) in [5.41, 5.74) is 3.08. The zero-order valence-corrected chi connectivity index (χ0v) is 27.6.